The molecule has 0 aliphatic rings. The standard InChI is InChI=1S/C16H24N2O3/c1-5-6-11-21-14-9-7-13(8-10-14)18(12(2)19)16(3,4)15(17)20/h7-10H,5-6,11H2,1-4H3,(H2,17,20). The lowest BCUT2D eigenvalue weighted by molar-refractivity contribution is -0.126. The molecule has 0 saturated carbocycles. The topological polar surface area (TPSA) is 72.6 Å². The Morgan fingerprint density at radius 3 is 2.24 bits per heavy atom. The van der Waals surface area contributed by atoms with Crippen LogP contribution in [0.1, 0.15) is 40.5 Å². The van der Waals surface area contributed by atoms with E-state index in [0.29, 0.717) is 12.3 Å². The molecule has 0 bridgehead atoms. The number of ether oxygens (including phenoxy) is 1. The van der Waals surface area contributed by atoms with Crippen molar-refractivity contribution in [2.75, 3.05) is 11.5 Å². The Bertz CT molecular complexity index is 495. The number of primary amides is 1. The van der Waals surface area contributed by atoms with Gasteiger partial charge >= 0.3 is 0 Å². The summed E-state index contributed by atoms with van der Waals surface area (Å²) in [6.07, 6.45) is 2.07. The van der Waals surface area contributed by atoms with E-state index >= 15 is 0 Å². The zero-order valence-corrected chi connectivity index (χ0v) is 13.2. The van der Waals surface area contributed by atoms with Gasteiger partial charge in [-0.15, -0.1) is 0 Å². The largest absolute Gasteiger partial charge is 0.494 e. The molecule has 1 rings (SSSR count). The first-order valence-corrected chi connectivity index (χ1v) is 7.14. The van der Waals surface area contributed by atoms with Crippen LogP contribution in [0.2, 0.25) is 0 Å². The third-order valence-corrected chi connectivity index (χ3v) is 3.34. The Morgan fingerprint density at radius 1 is 1.24 bits per heavy atom. The molecule has 0 heterocycles. The van der Waals surface area contributed by atoms with Gasteiger partial charge in [-0.1, -0.05) is 13.3 Å². The molecule has 0 fully saturated rings. The molecule has 1 aromatic carbocycles. The molecule has 0 radical (unpaired) electrons. The summed E-state index contributed by atoms with van der Waals surface area (Å²) in [6, 6.07) is 7.09. The summed E-state index contributed by atoms with van der Waals surface area (Å²) in [5, 5.41) is 0. The fourth-order valence-corrected chi connectivity index (χ4v) is 2.03. The van der Waals surface area contributed by atoms with Gasteiger partial charge in [0.05, 0.1) is 6.61 Å². The maximum atomic E-state index is 11.9. The monoisotopic (exact) mass is 292 g/mol. The van der Waals surface area contributed by atoms with E-state index in [4.69, 9.17) is 10.5 Å². The van der Waals surface area contributed by atoms with Crippen molar-refractivity contribution in [3.05, 3.63) is 24.3 Å². The van der Waals surface area contributed by atoms with Crippen molar-refractivity contribution in [3.8, 4) is 5.75 Å². The van der Waals surface area contributed by atoms with Crippen LogP contribution in [0.5, 0.6) is 5.75 Å². The molecule has 1 aromatic rings. The van der Waals surface area contributed by atoms with Crippen LogP contribution in [0, 0.1) is 0 Å². The highest BCUT2D eigenvalue weighted by Crippen LogP contribution is 2.26. The normalized spacial score (nSPS) is 11.0. The molecule has 0 spiro atoms. The summed E-state index contributed by atoms with van der Waals surface area (Å²) in [7, 11) is 0. The van der Waals surface area contributed by atoms with E-state index in [1.807, 2.05) is 0 Å². The summed E-state index contributed by atoms with van der Waals surface area (Å²) in [5.41, 5.74) is 4.93. The average Bonchev–Trinajstić information content (AvgIpc) is 2.40. The molecule has 0 atom stereocenters. The molecular formula is C16H24N2O3. The lowest BCUT2D eigenvalue weighted by Gasteiger charge is -2.35. The quantitative estimate of drug-likeness (QED) is 0.785. The number of carbonyl (C=O) groups is 2. The second-order valence-electron chi connectivity index (χ2n) is 5.47. The number of nitrogens with two attached hydrogens (primary N) is 1. The van der Waals surface area contributed by atoms with E-state index in [1.54, 1.807) is 38.1 Å². The number of benzene rings is 1. The summed E-state index contributed by atoms with van der Waals surface area (Å²) >= 11 is 0. The Labute approximate surface area is 126 Å². The van der Waals surface area contributed by atoms with E-state index in [1.165, 1.54) is 11.8 Å². The highest BCUT2D eigenvalue weighted by molar-refractivity contribution is 6.01. The third-order valence-electron chi connectivity index (χ3n) is 3.34. The van der Waals surface area contributed by atoms with Gasteiger partial charge in [0.15, 0.2) is 0 Å². The second-order valence-corrected chi connectivity index (χ2v) is 5.47. The van der Waals surface area contributed by atoms with Crippen LogP contribution in [0.15, 0.2) is 24.3 Å². The van der Waals surface area contributed by atoms with Crippen LogP contribution in [0.3, 0.4) is 0 Å². The zero-order chi connectivity index (χ0) is 16.0. The molecule has 2 N–H and O–H groups in total. The molecule has 0 saturated heterocycles. The lowest BCUT2D eigenvalue weighted by Crippen LogP contribution is -2.55. The van der Waals surface area contributed by atoms with Crippen LogP contribution in [0.4, 0.5) is 5.69 Å². The van der Waals surface area contributed by atoms with Crippen LogP contribution in [-0.4, -0.2) is 24.0 Å². The van der Waals surface area contributed by atoms with Crippen molar-refractivity contribution in [1.29, 1.82) is 0 Å². The second kappa shape index (κ2) is 7.11. The fourth-order valence-electron chi connectivity index (χ4n) is 2.03. The van der Waals surface area contributed by atoms with E-state index in [-0.39, 0.29) is 5.91 Å². The van der Waals surface area contributed by atoms with Gasteiger partial charge in [-0.05, 0) is 44.5 Å². The smallest absolute Gasteiger partial charge is 0.243 e. The van der Waals surface area contributed by atoms with E-state index in [0.717, 1.165) is 18.6 Å². The molecule has 0 unspecified atom stereocenters. The third kappa shape index (κ3) is 4.21. The highest BCUT2D eigenvalue weighted by Gasteiger charge is 2.35. The van der Waals surface area contributed by atoms with Crippen molar-refractivity contribution in [2.24, 2.45) is 5.73 Å². The minimum atomic E-state index is -1.09. The minimum absolute atomic E-state index is 0.238. The number of rotatable bonds is 7. The van der Waals surface area contributed by atoms with Gasteiger partial charge in [0.25, 0.3) is 0 Å². The molecule has 5 heteroatoms. The first-order valence-electron chi connectivity index (χ1n) is 7.14. The molecule has 0 aromatic heterocycles. The van der Waals surface area contributed by atoms with Gasteiger partial charge < -0.3 is 10.5 Å². The van der Waals surface area contributed by atoms with E-state index < -0.39 is 11.4 Å². The minimum Gasteiger partial charge on any atom is -0.494 e. The Kier molecular flexibility index (Phi) is 5.76. The highest BCUT2D eigenvalue weighted by atomic mass is 16.5. The zero-order valence-electron chi connectivity index (χ0n) is 13.2. The van der Waals surface area contributed by atoms with E-state index in [9.17, 15) is 9.59 Å². The van der Waals surface area contributed by atoms with Crippen molar-refractivity contribution in [1.82, 2.24) is 0 Å². The molecule has 5 nitrogen and oxygen atoms in total. The Hall–Kier alpha value is -2.04. The average molecular weight is 292 g/mol. The molecular weight excluding hydrogens is 268 g/mol. The predicted molar refractivity (Wildman–Crippen MR) is 83.3 cm³/mol. The summed E-state index contributed by atoms with van der Waals surface area (Å²) < 4.78 is 5.58. The number of nitrogens with zero attached hydrogens (tertiary/aromatic N) is 1. The maximum Gasteiger partial charge on any atom is 0.243 e. The summed E-state index contributed by atoms with van der Waals surface area (Å²) in [5.74, 6) is -0.0491. The molecule has 0 aliphatic heterocycles. The number of hydrogen-bond donors (Lipinski definition) is 1. The number of anilines is 1. The van der Waals surface area contributed by atoms with Crippen molar-refractivity contribution in [2.45, 2.75) is 46.1 Å². The van der Waals surface area contributed by atoms with Crippen molar-refractivity contribution < 1.29 is 14.3 Å². The van der Waals surface area contributed by atoms with E-state index in [2.05, 4.69) is 6.92 Å². The predicted octanol–water partition coefficient (Wildman–Crippen LogP) is 2.48. The fraction of sp³-hybridized carbons (Fsp3) is 0.500. The van der Waals surface area contributed by atoms with Crippen LogP contribution in [0.25, 0.3) is 0 Å². The number of unbranched alkanes of at least 4 members (excludes halogenated alkanes) is 1. The lowest BCUT2D eigenvalue weighted by atomic mass is 10.0. The number of hydrogen-bond acceptors (Lipinski definition) is 3. The van der Waals surface area contributed by atoms with Crippen LogP contribution >= 0.6 is 0 Å². The number of amides is 2. The van der Waals surface area contributed by atoms with Gasteiger partial charge in [-0.2, -0.15) is 0 Å². The van der Waals surface area contributed by atoms with Gasteiger partial charge in [0.1, 0.15) is 11.3 Å². The molecule has 0 aliphatic carbocycles. The van der Waals surface area contributed by atoms with Crippen LogP contribution in [-0.2, 0) is 9.59 Å². The maximum absolute atomic E-state index is 11.9. The van der Waals surface area contributed by atoms with Crippen molar-refractivity contribution >= 4 is 17.5 Å². The number of carbonyl (C=O) groups excluding carboxylic acids is 2. The van der Waals surface area contributed by atoms with Crippen LogP contribution < -0.4 is 15.4 Å². The SMILES string of the molecule is CCCCOc1ccc(N(C(C)=O)C(C)(C)C(N)=O)cc1. The summed E-state index contributed by atoms with van der Waals surface area (Å²) in [4.78, 5) is 24.9. The van der Waals surface area contributed by atoms with Gasteiger partial charge in [0.2, 0.25) is 11.8 Å². The summed E-state index contributed by atoms with van der Waals surface area (Å²) in [6.45, 7) is 7.43. The first kappa shape index (κ1) is 17.0. The van der Waals surface area contributed by atoms with Gasteiger partial charge in [0, 0.05) is 12.6 Å². The molecule has 116 valence electrons. The van der Waals surface area contributed by atoms with Gasteiger partial charge in [-0.3, -0.25) is 14.5 Å². The Balaban J connectivity index is 2.96. The van der Waals surface area contributed by atoms with Gasteiger partial charge in [-0.25, -0.2) is 0 Å². The molecule has 21 heavy (non-hydrogen) atoms. The Morgan fingerprint density at radius 2 is 1.81 bits per heavy atom. The molecule has 2 amide bonds. The first-order chi connectivity index (χ1) is 9.80. The van der Waals surface area contributed by atoms with Crippen molar-refractivity contribution in [3.63, 3.8) is 0 Å².